The topological polar surface area (TPSA) is 154 Å². The number of phenols is 2. The molecule has 0 bridgehead atoms. The number of thiophene rings is 1. The number of benzene rings is 2. The van der Waals surface area contributed by atoms with Crippen LogP contribution in [-0.4, -0.2) is 53.6 Å². The number of phenolic OH excluding ortho intramolecular Hbond substituents is 2. The number of ether oxygens (including phenoxy) is 1. The summed E-state index contributed by atoms with van der Waals surface area (Å²) in [6, 6.07) is 12.5. The number of rotatable bonds is 9. The van der Waals surface area contributed by atoms with Crippen LogP contribution < -0.4 is 16.0 Å². The van der Waals surface area contributed by atoms with Gasteiger partial charge >= 0.3 is 5.97 Å². The lowest BCUT2D eigenvalue weighted by Gasteiger charge is -2.17. The molecule has 11 heteroatoms. The number of amides is 3. The van der Waals surface area contributed by atoms with Crippen LogP contribution >= 0.6 is 11.3 Å². The molecule has 1 atom stereocenters. The minimum absolute atomic E-state index is 0.0876. The summed E-state index contributed by atoms with van der Waals surface area (Å²) in [5.41, 5.74) is 1.43. The van der Waals surface area contributed by atoms with E-state index >= 15 is 0 Å². The smallest absolute Gasteiger partial charge is 0.330 e. The number of methoxy groups -OCH3 is 1. The van der Waals surface area contributed by atoms with Gasteiger partial charge in [0.25, 0.3) is 17.7 Å². The van der Waals surface area contributed by atoms with Crippen LogP contribution in [0.3, 0.4) is 0 Å². The molecule has 0 saturated heterocycles. The molecule has 0 aliphatic rings. The quantitative estimate of drug-likeness (QED) is 0.276. The van der Waals surface area contributed by atoms with Gasteiger partial charge in [0.1, 0.15) is 17.5 Å². The molecule has 0 aliphatic carbocycles. The molecule has 0 saturated carbocycles. The van der Waals surface area contributed by atoms with Gasteiger partial charge in [0.15, 0.2) is 0 Å². The van der Waals surface area contributed by atoms with Crippen LogP contribution in [0.25, 0.3) is 0 Å². The summed E-state index contributed by atoms with van der Waals surface area (Å²) in [7, 11) is 1.16. The summed E-state index contributed by atoms with van der Waals surface area (Å²) in [4.78, 5) is 50.5. The minimum Gasteiger partial charge on any atom is -0.508 e. The fourth-order valence-electron chi connectivity index (χ4n) is 3.26. The molecule has 0 fully saturated rings. The summed E-state index contributed by atoms with van der Waals surface area (Å²) in [5.74, 6) is -2.31. The lowest BCUT2D eigenvalue weighted by molar-refractivity contribution is -0.142. The van der Waals surface area contributed by atoms with Crippen molar-refractivity contribution in [3.63, 3.8) is 0 Å². The average Bonchev–Trinajstić information content (AvgIpc) is 3.26. The van der Waals surface area contributed by atoms with Crippen molar-refractivity contribution in [1.29, 1.82) is 0 Å². The first-order chi connectivity index (χ1) is 17.2. The Balaban J connectivity index is 1.64. The van der Waals surface area contributed by atoms with Gasteiger partial charge in [-0.25, -0.2) is 4.79 Å². The van der Waals surface area contributed by atoms with E-state index in [0.717, 1.165) is 18.4 Å². The van der Waals surface area contributed by atoms with E-state index in [-0.39, 0.29) is 35.0 Å². The van der Waals surface area contributed by atoms with Gasteiger partial charge in [-0.05, 0) is 54.4 Å². The van der Waals surface area contributed by atoms with E-state index < -0.39 is 29.7 Å². The summed E-state index contributed by atoms with van der Waals surface area (Å²) in [6.07, 6.45) is 0. The molecule has 10 nitrogen and oxygen atoms in total. The number of carbonyl (C=O) groups is 4. The van der Waals surface area contributed by atoms with Crippen molar-refractivity contribution in [3.8, 4) is 11.5 Å². The van der Waals surface area contributed by atoms with Crippen molar-refractivity contribution in [1.82, 2.24) is 16.0 Å². The highest BCUT2D eigenvalue weighted by atomic mass is 32.1. The van der Waals surface area contributed by atoms with Crippen LogP contribution in [0, 0.1) is 6.92 Å². The zero-order chi connectivity index (χ0) is 26.2. The van der Waals surface area contributed by atoms with E-state index in [0.29, 0.717) is 16.0 Å². The lowest BCUT2D eigenvalue weighted by atomic mass is 10.2. The number of nitrogens with one attached hydrogen (secondary N) is 3. The molecule has 188 valence electrons. The Kier molecular flexibility index (Phi) is 8.63. The first kappa shape index (κ1) is 26.2. The molecule has 0 spiro atoms. The molecule has 3 amide bonds. The number of aryl methyl sites for hydroxylation is 1. The van der Waals surface area contributed by atoms with E-state index in [4.69, 9.17) is 4.74 Å². The van der Waals surface area contributed by atoms with Crippen molar-refractivity contribution in [2.45, 2.75) is 19.5 Å². The van der Waals surface area contributed by atoms with Crippen LogP contribution in [0.2, 0.25) is 0 Å². The van der Waals surface area contributed by atoms with Crippen molar-refractivity contribution in [2.24, 2.45) is 0 Å². The third-order valence-electron chi connectivity index (χ3n) is 5.08. The molecule has 0 radical (unpaired) electrons. The second-order valence-electron chi connectivity index (χ2n) is 7.78. The Morgan fingerprint density at radius 2 is 1.61 bits per heavy atom. The summed E-state index contributed by atoms with van der Waals surface area (Å²) >= 11 is 0.957. The molecule has 36 heavy (non-hydrogen) atoms. The van der Waals surface area contributed by atoms with Gasteiger partial charge in [-0.15, -0.1) is 11.3 Å². The molecule has 1 heterocycles. The van der Waals surface area contributed by atoms with E-state index in [1.165, 1.54) is 36.4 Å². The molecule has 3 rings (SSSR count). The Hall–Kier alpha value is -4.38. The molecule has 5 N–H and O–H groups in total. The third kappa shape index (κ3) is 6.83. The summed E-state index contributed by atoms with van der Waals surface area (Å²) in [6.45, 7) is 1.60. The first-order valence-corrected chi connectivity index (χ1v) is 11.6. The molecule has 1 aromatic heterocycles. The predicted octanol–water partition coefficient (Wildman–Crippen LogP) is 2.10. The normalized spacial score (nSPS) is 11.3. The zero-order valence-electron chi connectivity index (χ0n) is 19.5. The van der Waals surface area contributed by atoms with Gasteiger partial charge in [-0.3, -0.25) is 14.4 Å². The van der Waals surface area contributed by atoms with Crippen LogP contribution in [0.5, 0.6) is 11.5 Å². The Labute approximate surface area is 210 Å². The van der Waals surface area contributed by atoms with E-state index in [2.05, 4.69) is 16.0 Å². The molecule has 1 unspecified atom stereocenters. The third-order valence-corrected chi connectivity index (χ3v) is 6.31. The van der Waals surface area contributed by atoms with Crippen molar-refractivity contribution in [2.75, 3.05) is 13.7 Å². The summed E-state index contributed by atoms with van der Waals surface area (Å²) < 4.78 is 4.74. The number of carbonyl (C=O) groups excluding carboxylic acids is 4. The summed E-state index contributed by atoms with van der Waals surface area (Å²) in [5, 5.41) is 26.9. The van der Waals surface area contributed by atoms with Crippen LogP contribution in [0.4, 0.5) is 0 Å². The number of hydrogen-bond donors (Lipinski definition) is 5. The number of hydrogen-bond acceptors (Lipinski definition) is 8. The van der Waals surface area contributed by atoms with E-state index in [1.54, 1.807) is 25.1 Å². The Bertz CT molecular complexity index is 1290. The predicted molar refractivity (Wildman–Crippen MR) is 132 cm³/mol. The SMILES string of the molecule is COC(=O)C(CNC(=O)c1cccc(O)c1)NC(=O)c1sc(C(=O)NCc2cccc(O)c2)cc1C. The minimum atomic E-state index is -1.19. The fourth-order valence-corrected chi connectivity index (χ4v) is 4.25. The zero-order valence-corrected chi connectivity index (χ0v) is 20.3. The number of esters is 1. The van der Waals surface area contributed by atoms with Crippen LogP contribution in [0.1, 0.15) is 40.8 Å². The van der Waals surface area contributed by atoms with Crippen LogP contribution in [-0.2, 0) is 16.1 Å². The molecule has 3 aromatic rings. The maximum Gasteiger partial charge on any atom is 0.330 e. The van der Waals surface area contributed by atoms with Gasteiger partial charge < -0.3 is 30.9 Å². The van der Waals surface area contributed by atoms with Gasteiger partial charge in [-0.1, -0.05) is 18.2 Å². The second-order valence-corrected chi connectivity index (χ2v) is 8.84. The van der Waals surface area contributed by atoms with Crippen LogP contribution in [0.15, 0.2) is 54.6 Å². The largest absolute Gasteiger partial charge is 0.508 e. The van der Waals surface area contributed by atoms with Crippen molar-refractivity contribution in [3.05, 3.63) is 81.0 Å². The highest BCUT2D eigenvalue weighted by Gasteiger charge is 2.25. The van der Waals surface area contributed by atoms with E-state index in [9.17, 15) is 29.4 Å². The Morgan fingerprint density at radius 3 is 2.28 bits per heavy atom. The Morgan fingerprint density at radius 1 is 0.917 bits per heavy atom. The molecule has 0 aliphatic heterocycles. The second kappa shape index (κ2) is 11.8. The van der Waals surface area contributed by atoms with Gasteiger partial charge in [0.05, 0.1) is 16.9 Å². The van der Waals surface area contributed by atoms with Gasteiger partial charge in [0, 0.05) is 18.7 Å². The maximum atomic E-state index is 12.9. The highest BCUT2D eigenvalue weighted by molar-refractivity contribution is 7.16. The lowest BCUT2D eigenvalue weighted by Crippen LogP contribution is -2.48. The van der Waals surface area contributed by atoms with E-state index in [1.807, 2.05) is 0 Å². The van der Waals surface area contributed by atoms with Gasteiger partial charge in [0.2, 0.25) is 0 Å². The number of aromatic hydroxyl groups is 2. The molecular formula is C25H25N3O7S. The fraction of sp³-hybridized carbons (Fsp3) is 0.200. The monoisotopic (exact) mass is 511 g/mol. The highest BCUT2D eigenvalue weighted by Crippen LogP contribution is 2.22. The van der Waals surface area contributed by atoms with Crippen molar-refractivity contribution < 1.29 is 34.1 Å². The first-order valence-electron chi connectivity index (χ1n) is 10.8. The average molecular weight is 512 g/mol. The van der Waals surface area contributed by atoms with Crippen molar-refractivity contribution >= 4 is 35.0 Å². The molecule has 2 aromatic carbocycles. The maximum absolute atomic E-state index is 12.9. The van der Waals surface area contributed by atoms with Gasteiger partial charge in [-0.2, -0.15) is 0 Å². The molecular weight excluding hydrogens is 486 g/mol. The standard InChI is InChI=1S/C25H25N3O7S/c1-14-9-20(23(32)26-12-15-5-3-7-17(29)10-15)36-21(14)24(33)28-19(25(34)35-2)13-27-22(31)16-6-4-8-18(30)11-16/h3-11,19,29-30H,12-13H2,1-2H3,(H,26,32)(H,27,31)(H,28,33).